The van der Waals surface area contributed by atoms with Gasteiger partial charge in [0.05, 0.1) is 0 Å². The lowest BCUT2D eigenvalue weighted by atomic mass is 10.1. The Morgan fingerprint density at radius 3 is 2.44 bits per heavy atom. The number of nitrogens with one attached hydrogen (secondary N) is 1. The second kappa shape index (κ2) is 11.7. The minimum absolute atomic E-state index is 0.0797. The summed E-state index contributed by atoms with van der Waals surface area (Å²) in [7, 11) is 0. The largest absolute Gasteiger partial charge is 0.433 e. The lowest BCUT2D eigenvalue weighted by molar-refractivity contribution is -0.141. The fourth-order valence-electron chi connectivity index (χ4n) is 3.77. The molecule has 4 rings (SSSR count). The molecule has 1 fully saturated rings. The highest BCUT2D eigenvalue weighted by molar-refractivity contribution is 7.98. The monoisotopic (exact) mass is 516 g/mol. The summed E-state index contributed by atoms with van der Waals surface area (Å²) in [5.74, 6) is 0.463. The van der Waals surface area contributed by atoms with Crippen molar-refractivity contribution in [3.05, 3.63) is 77.2 Å². The Labute approximate surface area is 212 Å². The lowest BCUT2D eigenvalue weighted by Crippen LogP contribution is -2.46. The van der Waals surface area contributed by atoms with Crippen molar-refractivity contribution in [3.8, 4) is 0 Å². The van der Waals surface area contributed by atoms with Crippen LogP contribution in [0.2, 0.25) is 0 Å². The fraction of sp³-hybridized carbons (Fsp3) is 0.360. The van der Waals surface area contributed by atoms with E-state index in [1.807, 2.05) is 11.0 Å². The van der Waals surface area contributed by atoms with Crippen molar-refractivity contribution >= 4 is 23.5 Å². The fourth-order valence-corrected chi connectivity index (χ4v) is 4.57. The number of carbonyl (C=O) groups excluding carboxylic acids is 1. The number of likely N-dealkylation sites (N-methyl/N-ethyl adjacent to an activating group) is 1. The van der Waals surface area contributed by atoms with Crippen molar-refractivity contribution < 1.29 is 18.0 Å². The zero-order valence-electron chi connectivity index (χ0n) is 19.8. The quantitative estimate of drug-likeness (QED) is 0.354. The van der Waals surface area contributed by atoms with E-state index in [0.717, 1.165) is 48.6 Å². The molecule has 3 aromatic rings. The number of thioether (sulfide) groups is 1. The molecule has 1 aliphatic heterocycles. The molecule has 1 saturated heterocycles. The molecular weight excluding hydrogens is 489 g/mol. The molecule has 7 nitrogen and oxygen atoms in total. The van der Waals surface area contributed by atoms with Gasteiger partial charge in [-0.2, -0.15) is 13.2 Å². The minimum Gasteiger partial charge on any atom is -0.354 e. The van der Waals surface area contributed by atoms with Crippen LogP contribution < -0.4 is 10.2 Å². The van der Waals surface area contributed by atoms with Crippen LogP contribution in [0.25, 0.3) is 0 Å². The van der Waals surface area contributed by atoms with Crippen LogP contribution in [0.15, 0.2) is 60.0 Å². The molecule has 0 atom stereocenters. The number of rotatable bonds is 8. The Morgan fingerprint density at radius 1 is 1.06 bits per heavy atom. The van der Waals surface area contributed by atoms with E-state index < -0.39 is 11.9 Å². The lowest BCUT2D eigenvalue weighted by Gasteiger charge is -2.35. The van der Waals surface area contributed by atoms with Crippen molar-refractivity contribution in [3.63, 3.8) is 0 Å². The van der Waals surface area contributed by atoms with Gasteiger partial charge in [0.25, 0.3) is 5.91 Å². The number of hydrogen-bond donors (Lipinski definition) is 1. The average Bonchev–Trinajstić information content (AvgIpc) is 2.91. The summed E-state index contributed by atoms with van der Waals surface area (Å²) in [6, 6.07) is 11.7. The van der Waals surface area contributed by atoms with Gasteiger partial charge in [0, 0.05) is 62.5 Å². The molecule has 1 N–H and O–H groups in total. The Balaban J connectivity index is 1.39. The first-order chi connectivity index (χ1) is 17.3. The van der Waals surface area contributed by atoms with Crippen LogP contribution in [-0.2, 0) is 18.5 Å². The second-order valence-corrected chi connectivity index (χ2v) is 9.29. The molecule has 0 radical (unpaired) electrons. The summed E-state index contributed by atoms with van der Waals surface area (Å²) in [5, 5.41) is 2.92. The minimum atomic E-state index is -4.55. The van der Waals surface area contributed by atoms with Gasteiger partial charge in [0.15, 0.2) is 10.9 Å². The summed E-state index contributed by atoms with van der Waals surface area (Å²) in [4.78, 5) is 28.7. The third kappa shape index (κ3) is 6.94. The maximum absolute atomic E-state index is 13.5. The van der Waals surface area contributed by atoms with Crippen molar-refractivity contribution in [1.82, 2.24) is 25.2 Å². The number of alkyl halides is 3. The predicted molar refractivity (Wildman–Crippen MR) is 133 cm³/mol. The molecule has 1 amide bonds. The number of halogens is 3. The van der Waals surface area contributed by atoms with Crippen LogP contribution in [0.1, 0.15) is 34.1 Å². The molecule has 0 bridgehead atoms. The Kier molecular flexibility index (Phi) is 8.42. The molecule has 0 saturated carbocycles. The highest BCUT2D eigenvalue weighted by Gasteiger charge is 2.34. The Morgan fingerprint density at radius 2 is 1.81 bits per heavy atom. The van der Waals surface area contributed by atoms with Crippen molar-refractivity contribution in [2.75, 3.05) is 37.6 Å². The Bertz CT molecular complexity index is 1150. The number of anilines is 1. The van der Waals surface area contributed by atoms with Crippen LogP contribution >= 0.6 is 11.8 Å². The molecule has 190 valence electrons. The van der Waals surface area contributed by atoms with Crippen LogP contribution in [0.4, 0.5) is 19.0 Å². The number of nitrogens with zero attached hydrogens (tertiary/aromatic N) is 5. The third-order valence-electron chi connectivity index (χ3n) is 5.89. The molecule has 0 spiro atoms. The smallest absolute Gasteiger partial charge is 0.354 e. The SMILES string of the molecule is CCN1CCN(c2cc(C(F)(F)F)nc(SCc3ccc(C(=O)NCc4cccnc4)cc3)n2)CC1. The number of pyridine rings is 1. The van der Waals surface area contributed by atoms with E-state index in [0.29, 0.717) is 36.8 Å². The van der Waals surface area contributed by atoms with Gasteiger partial charge < -0.3 is 15.1 Å². The summed E-state index contributed by atoms with van der Waals surface area (Å²) < 4.78 is 40.6. The summed E-state index contributed by atoms with van der Waals surface area (Å²) >= 11 is 1.14. The predicted octanol–water partition coefficient (Wildman–Crippen LogP) is 4.25. The molecule has 1 aromatic carbocycles. The van der Waals surface area contributed by atoms with E-state index in [4.69, 9.17) is 0 Å². The highest BCUT2D eigenvalue weighted by atomic mass is 32.2. The molecule has 3 heterocycles. The van der Waals surface area contributed by atoms with Gasteiger partial charge in [-0.05, 0) is 35.9 Å². The first kappa shape index (κ1) is 25.9. The molecule has 0 aliphatic carbocycles. The summed E-state index contributed by atoms with van der Waals surface area (Å²) in [5.41, 5.74) is 1.31. The first-order valence-corrected chi connectivity index (χ1v) is 12.6. The van der Waals surface area contributed by atoms with E-state index in [1.165, 1.54) is 0 Å². The van der Waals surface area contributed by atoms with Crippen molar-refractivity contribution in [1.29, 1.82) is 0 Å². The van der Waals surface area contributed by atoms with Gasteiger partial charge in [-0.15, -0.1) is 0 Å². The molecular formula is C25H27F3N6OS. The van der Waals surface area contributed by atoms with Crippen LogP contribution in [0.5, 0.6) is 0 Å². The normalized spacial score (nSPS) is 14.6. The summed E-state index contributed by atoms with van der Waals surface area (Å²) in [6.45, 7) is 6.16. The molecule has 11 heteroatoms. The Hall–Kier alpha value is -3.18. The molecule has 0 unspecified atom stereocenters. The molecule has 36 heavy (non-hydrogen) atoms. The number of hydrogen-bond acceptors (Lipinski definition) is 7. The zero-order chi connectivity index (χ0) is 25.5. The van der Waals surface area contributed by atoms with Gasteiger partial charge in [0.1, 0.15) is 5.82 Å². The number of carbonyl (C=O) groups is 1. The first-order valence-electron chi connectivity index (χ1n) is 11.6. The zero-order valence-corrected chi connectivity index (χ0v) is 20.6. The van der Waals surface area contributed by atoms with Crippen molar-refractivity contribution in [2.24, 2.45) is 0 Å². The van der Waals surface area contributed by atoms with E-state index in [9.17, 15) is 18.0 Å². The number of benzene rings is 1. The van der Waals surface area contributed by atoms with E-state index in [1.54, 1.807) is 42.7 Å². The second-order valence-electron chi connectivity index (χ2n) is 8.34. The number of amides is 1. The van der Waals surface area contributed by atoms with Gasteiger partial charge >= 0.3 is 6.18 Å². The van der Waals surface area contributed by atoms with E-state index in [2.05, 4.69) is 32.1 Å². The van der Waals surface area contributed by atoms with Crippen LogP contribution in [-0.4, -0.2) is 58.5 Å². The van der Waals surface area contributed by atoms with E-state index >= 15 is 0 Å². The average molecular weight is 517 g/mol. The van der Waals surface area contributed by atoms with Gasteiger partial charge in [0.2, 0.25) is 0 Å². The van der Waals surface area contributed by atoms with E-state index in [-0.39, 0.29) is 11.1 Å². The third-order valence-corrected chi connectivity index (χ3v) is 6.80. The maximum atomic E-state index is 13.5. The topological polar surface area (TPSA) is 74.2 Å². The highest BCUT2D eigenvalue weighted by Crippen LogP contribution is 2.32. The molecule has 1 aliphatic rings. The maximum Gasteiger partial charge on any atom is 0.433 e. The summed E-state index contributed by atoms with van der Waals surface area (Å²) in [6.07, 6.45) is -1.20. The number of piperazine rings is 1. The van der Waals surface area contributed by atoms with Gasteiger partial charge in [-0.1, -0.05) is 36.9 Å². The van der Waals surface area contributed by atoms with Crippen LogP contribution in [0.3, 0.4) is 0 Å². The number of aromatic nitrogens is 3. The van der Waals surface area contributed by atoms with Crippen LogP contribution in [0, 0.1) is 0 Å². The van der Waals surface area contributed by atoms with Gasteiger partial charge in [-0.25, -0.2) is 9.97 Å². The van der Waals surface area contributed by atoms with Crippen molar-refractivity contribution in [2.45, 2.75) is 30.6 Å². The van der Waals surface area contributed by atoms with Gasteiger partial charge in [-0.3, -0.25) is 9.78 Å². The standard InChI is InChI=1S/C25H27F3N6OS/c1-2-33-10-12-34(13-11-33)22-14-21(25(26,27)28)31-24(32-22)36-17-18-5-7-20(8-6-18)23(35)30-16-19-4-3-9-29-15-19/h3-9,14-15H,2,10-13,16-17H2,1H3,(H,30,35). The molecule has 2 aromatic heterocycles.